The Kier molecular flexibility index (Phi) is 9.41. The van der Waals surface area contributed by atoms with Crippen molar-refractivity contribution in [2.75, 3.05) is 13.1 Å². The van der Waals surface area contributed by atoms with E-state index in [9.17, 15) is 9.59 Å². The highest BCUT2D eigenvalue weighted by atomic mass is 35.5. The summed E-state index contributed by atoms with van der Waals surface area (Å²) < 4.78 is 2.11. The van der Waals surface area contributed by atoms with Crippen molar-refractivity contribution in [1.29, 1.82) is 0 Å². The van der Waals surface area contributed by atoms with Crippen LogP contribution in [0.1, 0.15) is 49.3 Å². The molecule has 3 aromatic rings. The Morgan fingerprint density at radius 3 is 2.34 bits per heavy atom. The van der Waals surface area contributed by atoms with E-state index in [4.69, 9.17) is 23.2 Å². The molecular weight excluding hydrogens is 481 g/mol. The van der Waals surface area contributed by atoms with E-state index < -0.39 is 0 Å². The van der Waals surface area contributed by atoms with Crippen molar-refractivity contribution in [3.05, 3.63) is 93.7 Å². The predicted octanol–water partition coefficient (Wildman–Crippen LogP) is 6.38. The fourth-order valence-corrected chi connectivity index (χ4v) is 4.36. The molecule has 35 heavy (non-hydrogen) atoms. The van der Waals surface area contributed by atoms with Gasteiger partial charge in [-0.1, -0.05) is 61.3 Å². The molecule has 5 nitrogen and oxygen atoms in total. The molecule has 0 saturated heterocycles. The minimum absolute atomic E-state index is 0.000948. The molecule has 0 aliphatic rings. The van der Waals surface area contributed by atoms with E-state index in [0.717, 1.165) is 16.3 Å². The second kappa shape index (κ2) is 12.3. The molecule has 0 radical (unpaired) electrons. The Balaban J connectivity index is 1.79. The van der Waals surface area contributed by atoms with Gasteiger partial charge in [0, 0.05) is 46.6 Å². The van der Waals surface area contributed by atoms with Crippen LogP contribution in [0.25, 0.3) is 0 Å². The maximum absolute atomic E-state index is 13.5. The lowest BCUT2D eigenvalue weighted by molar-refractivity contribution is -0.133. The van der Waals surface area contributed by atoms with Crippen LogP contribution in [0.3, 0.4) is 0 Å². The monoisotopic (exact) mass is 513 g/mol. The highest BCUT2D eigenvalue weighted by Crippen LogP contribution is 2.19. The van der Waals surface area contributed by atoms with Crippen molar-refractivity contribution >= 4 is 35.0 Å². The number of halogens is 2. The third-order valence-electron chi connectivity index (χ3n) is 5.77. The number of benzene rings is 2. The molecule has 0 N–H and O–H groups in total. The molecule has 0 bridgehead atoms. The molecular formula is C28H33Cl2N3O2. The first-order valence-corrected chi connectivity index (χ1v) is 12.6. The van der Waals surface area contributed by atoms with Crippen LogP contribution in [0, 0.1) is 5.92 Å². The number of carbonyl (C=O) groups is 2. The van der Waals surface area contributed by atoms with Crippen molar-refractivity contribution in [2.45, 2.75) is 46.8 Å². The molecule has 0 fully saturated rings. The maximum Gasteiger partial charge on any atom is 0.254 e. The predicted molar refractivity (Wildman–Crippen MR) is 143 cm³/mol. The average Bonchev–Trinajstić information content (AvgIpc) is 3.24. The zero-order valence-corrected chi connectivity index (χ0v) is 22.3. The average molecular weight is 514 g/mol. The smallest absolute Gasteiger partial charge is 0.254 e. The third-order valence-corrected chi connectivity index (χ3v) is 6.38. The summed E-state index contributed by atoms with van der Waals surface area (Å²) in [4.78, 5) is 30.2. The lowest BCUT2D eigenvalue weighted by Gasteiger charge is -2.31. The quantitative estimate of drug-likeness (QED) is 0.315. The van der Waals surface area contributed by atoms with Crippen LogP contribution >= 0.6 is 23.2 Å². The van der Waals surface area contributed by atoms with Crippen LogP contribution < -0.4 is 0 Å². The first-order chi connectivity index (χ1) is 16.7. The van der Waals surface area contributed by atoms with Gasteiger partial charge in [0.05, 0.1) is 6.54 Å². The largest absolute Gasteiger partial charge is 0.345 e. The lowest BCUT2D eigenvalue weighted by atomic mass is 10.1. The molecule has 186 valence electrons. The fourth-order valence-electron chi connectivity index (χ4n) is 3.97. The number of rotatable bonds is 10. The first-order valence-electron chi connectivity index (χ1n) is 11.9. The van der Waals surface area contributed by atoms with Crippen LogP contribution in [0.15, 0.2) is 66.9 Å². The summed E-state index contributed by atoms with van der Waals surface area (Å²) in [7, 11) is 0. The summed E-state index contributed by atoms with van der Waals surface area (Å²) in [5.74, 6) is -0.0159. The van der Waals surface area contributed by atoms with Crippen molar-refractivity contribution in [3.8, 4) is 0 Å². The number of hydrogen-bond donors (Lipinski definition) is 0. The Morgan fingerprint density at radius 2 is 1.69 bits per heavy atom. The maximum atomic E-state index is 13.5. The minimum atomic E-state index is -0.206. The highest BCUT2D eigenvalue weighted by molar-refractivity contribution is 6.31. The van der Waals surface area contributed by atoms with Gasteiger partial charge >= 0.3 is 0 Å². The van der Waals surface area contributed by atoms with E-state index in [1.54, 1.807) is 29.2 Å². The van der Waals surface area contributed by atoms with E-state index in [1.165, 1.54) is 0 Å². The molecule has 2 amide bonds. The standard InChI is InChI=1S/C28H33Cl2N3O2/c1-20(2)16-32(18-25-12-8-14-31(25)17-23-9-5-6-13-26(23)30)27(34)19-33(21(3)4)28(35)22-10-7-11-24(29)15-22/h5-15,20-21H,16-19H2,1-4H3. The van der Waals surface area contributed by atoms with E-state index in [1.807, 2.05) is 61.3 Å². The highest BCUT2D eigenvalue weighted by Gasteiger charge is 2.25. The number of carbonyl (C=O) groups excluding carboxylic acids is 2. The topological polar surface area (TPSA) is 45.6 Å². The Hall–Kier alpha value is -2.76. The molecule has 0 aliphatic carbocycles. The lowest BCUT2D eigenvalue weighted by Crippen LogP contribution is -2.46. The SMILES string of the molecule is CC(C)CN(Cc1cccn1Cc1ccccc1Cl)C(=O)CN(C(=O)c1cccc(Cl)c1)C(C)C. The molecule has 2 aromatic carbocycles. The summed E-state index contributed by atoms with van der Waals surface area (Å²) in [5, 5.41) is 1.21. The van der Waals surface area contributed by atoms with Crippen LogP contribution in [0.4, 0.5) is 0 Å². The normalized spacial score (nSPS) is 11.2. The van der Waals surface area contributed by atoms with E-state index in [-0.39, 0.29) is 30.3 Å². The van der Waals surface area contributed by atoms with Gasteiger partial charge in [-0.25, -0.2) is 0 Å². The first kappa shape index (κ1) is 26.8. The summed E-state index contributed by atoms with van der Waals surface area (Å²) in [6.45, 7) is 9.66. The summed E-state index contributed by atoms with van der Waals surface area (Å²) in [6, 6.07) is 18.5. The summed E-state index contributed by atoms with van der Waals surface area (Å²) >= 11 is 12.5. The molecule has 0 atom stereocenters. The van der Waals surface area contributed by atoms with Crippen LogP contribution in [-0.2, 0) is 17.9 Å². The molecule has 0 aliphatic heterocycles. The van der Waals surface area contributed by atoms with Gasteiger partial charge < -0.3 is 14.4 Å². The molecule has 3 rings (SSSR count). The van der Waals surface area contributed by atoms with Gasteiger partial charge in [-0.3, -0.25) is 9.59 Å². The van der Waals surface area contributed by atoms with Crippen molar-refractivity contribution < 1.29 is 9.59 Å². The summed E-state index contributed by atoms with van der Waals surface area (Å²) in [6.07, 6.45) is 2.00. The van der Waals surface area contributed by atoms with Gasteiger partial charge in [-0.2, -0.15) is 0 Å². The van der Waals surface area contributed by atoms with E-state index >= 15 is 0 Å². The van der Waals surface area contributed by atoms with Gasteiger partial charge in [0.2, 0.25) is 5.91 Å². The van der Waals surface area contributed by atoms with Gasteiger partial charge in [-0.05, 0) is 61.7 Å². The van der Waals surface area contributed by atoms with Crippen LogP contribution in [0.5, 0.6) is 0 Å². The number of hydrogen-bond acceptors (Lipinski definition) is 2. The van der Waals surface area contributed by atoms with E-state index in [2.05, 4.69) is 18.4 Å². The minimum Gasteiger partial charge on any atom is -0.345 e. The van der Waals surface area contributed by atoms with Crippen molar-refractivity contribution in [3.63, 3.8) is 0 Å². The van der Waals surface area contributed by atoms with Gasteiger partial charge in [0.25, 0.3) is 5.91 Å². The zero-order chi connectivity index (χ0) is 25.5. The molecule has 0 spiro atoms. The second-order valence-electron chi connectivity index (χ2n) is 9.42. The van der Waals surface area contributed by atoms with Crippen molar-refractivity contribution in [1.82, 2.24) is 14.4 Å². The van der Waals surface area contributed by atoms with Gasteiger partial charge in [0.1, 0.15) is 6.54 Å². The van der Waals surface area contributed by atoms with E-state index in [0.29, 0.717) is 30.2 Å². The van der Waals surface area contributed by atoms with Crippen LogP contribution in [0.2, 0.25) is 10.0 Å². The molecule has 0 saturated carbocycles. The molecule has 7 heteroatoms. The van der Waals surface area contributed by atoms with Gasteiger partial charge in [-0.15, -0.1) is 0 Å². The molecule has 1 heterocycles. The number of nitrogens with zero attached hydrogens (tertiary/aromatic N) is 3. The third kappa shape index (κ3) is 7.36. The van der Waals surface area contributed by atoms with Crippen LogP contribution in [-0.4, -0.2) is 45.3 Å². The van der Waals surface area contributed by atoms with Gasteiger partial charge in [0.15, 0.2) is 0 Å². The van der Waals surface area contributed by atoms with Crippen molar-refractivity contribution in [2.24, 2.45) is 5.92 Å². The Morgan fingerprint density at radius 1 is 0.943 bits per heavy atom. The summed E-state index contributed by atoms with van der Waals surface area (Å²) in [5.41, 5.74) is 2.51. The number of aromatic nitrogens is 1. The Labute approximate surface area is 218 Å². The molecule has 0 unspecified atom stereocenters. The zero-order valence-electron chi connectivity index (χ0n) is 20.7. The second-order valence-corrected chi connectivity index (χ2v) is 10.3. The Bertz CT molecular complexity index is 1160. The molecule has 1 aromatic heterocycles. The fraction of sp³-hybridized carbons (Fsp3) is 0.357. The number of amides is 2.